The molecule has 0 unspecified atom stereocenters. The molecule has 0 fully saturated rings. The van der Waals surface area contributed by atoms with Crippen molar-refractivity contribution in [3.63, 3.8) is 0 Å². The summed E-state index contributed by atoms with van der Waals surface area (Å²) in [5.74, 6) is -0.110. The zero-order valence-electron chi connectivity index (χ0n) is 4.45. The molecule has 0 aliphatic heterocycles. The Hall–Kier alpha value is 0.490. The van der Waals surface area contributed by atoms with Gasteiger partial charge in [-0.2, -0.15) is 0 Å². The van der Waals surface area contributed by atoms with Gasteiger partial charge in [-0.25, -0.2) is 0 Å². The van der Waals surface area contributed by atoms with Crippen molar-refractivity contribution in [2.24, 2.45) is 0 Å². The van der Waals surface area contributed by atoms with E-state index in [-0.39, 0.29) is 5.91 Å². The third-order valence-corrected chi connectivity index (χ3v) is 1.18. The van der Waals surface area contributed by atoms with Gasteiger partial charge in [0.05, 0.1) is 4.55 Å². The second-order valence-electron chi connectivity index (χ2n) is 1.29. The molecule has 0 aromatic rings. The molecule has 0 heterocycles. The predicted octanol–water partition coefficient (Wildman–Crippen LogP) is 1.12. The van der Waals surface area contributed by atoms with Crippen molar-refractivity contribution in [3.8, 4) is 0 Å². The van der Waals surface area contributed by atoms with Crippen LogP contribution in [-0.4, -0.2) is 15.8 Å². The molecule has 48 valence electrons. The largest absolute Gasteiger partial charge is 0.346 e. The third-order valence-electron chi connectivity index (χ3n) is 0.602. The number of amides is 1. The van der Waals surface area contributed by atoms with Gasteiger partial charge in [-0.1, -0.05) is 22.6 Å². The van der Waals surface area contributed by atoms with Crippen molar-refractivity contribution >= 4 is 40.1 Å². The van der Waals surface area contributed by atoms with Crippen LogP contribution in [0, 0.1) is 0 Å². The Morgan fingerprint density at radius 1 is 2.00 bits per heavy atom. The smallest absolute Gasteiger partial charge is 0.238 e. The van der Waals surface area contributed by atoms with E-state index in [2.05, 4.69) is 5.32 Å². The lowest BCUT2D eigenvalue weighted by atomic mass is 10.4. The fraction of sp³-hybridized carbons (Fsp3) is 0.750. The lowest BCUT2D eigenvalue weighted by Crippen LogP contribution is -2.27. The quantitative estimate of drug-likeness (QED) is 0.442. The monoisotopic (exact) mass is 247 g/mol. The van der Waals surface area contributed by atoms with Gasteiger partial charge in [-0.15, -0.1) is 11.6 Å². The van der Waals surface area contributed by atoms with Crippen LogP contribution >= 0.6 is 34.2 Å². The van der Waals surface area contributed by atoms with Gasteiger partial charge in [0.1, 0.15) is 5.38 Å². The van der Waals surface area contributed by atoms with Gasteiger partial charge in [0.25, 0.3) is 0 Å². The number of halogens is 2. The number of hydrogen-bond acceptors (Lipinski definition) is 1. The molecule has 0 aliphatic carbocycles. The maximum Gasteiger partial charge on any atom is 0.238 e. The summed E-state index contributed by atoms with van der Waals surface area (Å²) in [6.45, 7) is 1.64. The number of nitrogens with one attached hydrogen (secondary N) is 1. The Balaban J connectivity index is 3.33. The number of carbonyl (C=O) groups excluding carboxylic acids is 1. The van der Waals surface area contributed by atoms with Crippen molar-refractivity contribution in [1.82, 2.24) is 5.32 Å². The average Bonchev–Trinajstić information content (AvgIpc) is 1.67. The molecule has 2 nitrogen and oxygen atoms in total. The Labute approximate surface area is 67.1 Å². The Bertz CT molecular complexity index is 86.1. The van der Waals surface area contributed by atoms with Crippen LogP contribution in [0.5, 0.6) is 0 Å². The molecule has 1 amide bonds. The van der Waals surface area contributed by atoms with Gasteiger partial charge >= 0.3 is 0 Å². The maximum absolute atomic E-state index is 10.5. The molecular formula is C4H7ClINO. The molecule has 0 rings (SSSR count). The summed E-state index contributed by atoms with van der Waals surface area (Å²) in [5.41, 5.74) is 0. The minimum Gasteiger partial charge on any atom is -0.346 e. The van der Waals surface area contributed by atoms with E-state index >= 15 is 0 Å². The highest BCUT2D eigenvalue weighted by molar-refractivity contribution is 14.1. The molecule has 0 aromatic heterocycles. The molecule has 0 bridgehead atoms. The SMILES string of the molecule is C[C@H](Cl)C(=O)NCI. The highest BCUT2D eigenvalue weighted by Crippen LogP contribution is 1.91. The molecule has 0 saturated carbocycles. The van der Waals surface area contributed by atoms with Crippen LogP contribution in [0.1, 0.15) is 6.92 Å². The normalized spacial score (nSPS) is 12.9. The Morgan fingerprint density at radius 3 is 2.62 bits per heavy atom. The van der Waals surface area contributed by atoms with Crippen LogP contribution < -0.4 is 5.32 Å². The van der Waals surface area contributed by atoms with Crippen molar-refractivity contribution in [1.29, 1.82) is 0 Å². The topological polar surface area (TPSA) is 29.1 Å². The summed E-state index contributed by atoms with van der Waals surface area (Å²) in [7, 11) is 0. The molecule has 0 aliphatic rings. The molecule has 8 heavy (non-hydrogen) atoms. The van der Waals surface area contributed by atoms with Gasteiger partial charge < -0.3 is 5.32 Å². The van der Waals surface area contributed by atoms with Crippen molar-refractivity contribution in [3.05, 3.63) is 0 Å². The Morgan fingerprint density at radius 2 is 2.50 bits per heavy atom. The zero-order chi connectivity index (χ0) is 6.57. The fourth-order valence-corrected chi connectivity index (χ4v) is 0.660. The van der Waals surface area contributed by atoms with Crippen molar-refractivity contribution in [2.75, 3.05) is 4.55 Å². The summed E-state index contributed by atoms with van der Waals surface area (Å²) in [4.78, 5) is 10.5. The summed E-state index contributed by atoms with van der Waals surface area (Å²) in [6.07, 6.45) is 0. The van der Waals surface area contributed by atoms with Crippen molar-refractivity contribution < 1.29 is 4.79 Å². The standard InChI is InChI=1S/C4H7ClINO/c1-3(5)4(8)7-2-6/h3H,2H2,1H3,(H,7,8)/t3-/m0/s1. The van der Waals surface area contributed by atoms with E-state index < -0.39 is 5.38 Å². The first-order valence-corrected chi connectivity index (χ1v) is 4.12. The van der Waals surface area contributed by atoms with Crippen LogP contribution in [0.3, 0.4) is 0 Å². The Kier molecular flexibility index (Phi) is 4.64. The third kappa shape index (κ3) is 3.49. The van der Waals surface area contributed by atoms with E-state index in [0.29, 0.717) is 4.55 Å². The highest BCUT2D eigenvalue weighted by Gasteiger charge is 2.05. The molecular weight excluding hydrogens is 240 g/mol. The van der Waals surface area contributed by atoms with Crippen LogP contribution in [0.4, 0.5) is 0 Å². The summed E-state index contributed by atoms with van der Waals surface area (Å²) >= 11 is 7.44. The van der Waals surface area contributed by atoms with Crippen molar-refractivity contribution in [2.45, 2.75) is 12.3 Å². The second-order valence-corrected chi connectivity index (χ2v) is 2.71. The number of alkyl halides is 2. The maximum atomic E-state index is 10.5. The number of hydrogen-bond donors (Lipinski definition) is 1. The van der Waals surface area contributed by atoms with Crippen LogP contribution in [0.15, 0.2) is 0 Å². The number of rotatable bonds is 2. The molecule has 0 spiro atoms. The summed E-state index contributed by atoms with van der Waals surface area (Å²) in [5, 5.41) is 2.15. The average molecular weight is 247 g/mol. The van der Waals surface area contributed by atoms with Gasteiger partial charge in [-0.05, 0) is 6.92 Å². The van der Waals surface area contributed by atoms with E-state index in [4.69, 9.17) is 11.6 Å². The number of carbonyl (C=O) groups is 1. The van der Waals surface area contributed by atoms with Gasteiger partial charge in [0.2, 0.25) is 5.91 Å². The van der Waals surface area contributed by atoms with Gasteiger partial charge in [0.15, 0.2) is 0 Å². The first-order valence-electron chi connectivity index (χ1n) is 2.16. The lowest BCUT2D eigenvalue weighted by Gasteiger charge is -1.99. The molecule has 0 aromatic carbocycles. The van der Waals surface area contributed by atoms with Crippen LogP contribution in [-0.2, 0) is 4.79 Å². The van der Waals surface area contributed by atoms with Crippen LogP contribution in [0.25, 0.3) is 0 Å². The molecule has 0 saturated heterocycles. The minimum absolute atomic E-state index is 0.110. The molecule has 4 heteroatoms. The van der Waals surface area contributed by atoms with E-state index in [1.54, 1.807) is 6.92 Å². The minimum atomic E-state index is -0.412. The molecule has 1 atom stereocenters. The summed E-state index contributed by atoms with van der Waals surface area (Å²) < 4.78 is 0.619. The second kappa shape index (κ2) is 4.38. The van der Waals surface area contributed by atoms with E-state index in [1.165, 1.54) is 0 Å². The predicted molar refractivity (Wildman–Crippen MR) is 42.3 cm³/mol. The zero-order valence-corrected chi connectivity index (χ0v) is 7.36. The molecule has 1 N–H and O–H groups in total. The summed E-state index contributed by atoms with van der Waals surface area (Å²) in [6, 6.07) is 0. The first-order chi connectivity index (χ1) is 3.68. The molecule has 0 radical (unpaired) electrons. The van der Waals surface area contributed by atoms with E-state index in [9.17, 15) is 4.79 Å². The van der Waals surface area contributed by atoms with Gasteiger partial charge in [-0.3, -0.25) is 4.79 Å². The van der Waals surface area contributed by atoms with Gasteiger partial charge in [0, 0.05) is 0 Å². The first kappa shape index (κ1) is 8.49. The van der Waals surface area contributed by atoms with E-state index in [0.717, 1.165) is 0 Å². The van der Waals surface area contributed by atoms with Crippen LogP contribution in [0.2, 0.25) is 0 Å². The van der Waals surface area contributed by atoms with E-state index in [1.807, 2.05) is 22.6 Å². The lowest BCUT2D eigenvalue weighted by molar-refractivity contribution is -0.120. The highest BCUT2D eigenvalue weighted by atomic mass is 127. The fourth-order valence-electron chi connectivity index (χ4n) is 0.206.